The van der Waals surface area contributed by atoms with Gasteiger partial charge >= 0.3 is 0 Å². The number of aryl methyl sites for hydroxylation is 1. The zero-order valence-corrected chi connectivity index (χ0v) is 12.9. The molecule has 1 saturated carbocycles. The number of aromatic amines is 1. The molecule has 0 bridgehead atoms. The highest BCUT2D eigenvalue weighted by Crippen LogP contribution is 2.31. The van der Waals surface area contributed by atoms with Crippen LogP contribution in [-0.4, -0.2) is 34.4 Å². The number of nitrogens with zero attached hydrogens (tertiary/aromatic N) is 3. The van der Waals surface area contributed by atoms with Gasteiger partial charge in [0.05, 0.1) is 11.7 Å². The van der Waals surface area contributed by atoms with Crippen LogP contribution in [0.2, 0.25) is 0 Å². The second kappa shape index (κ2) is 4.94. The third-order valence-electron chi connectivity index (χ3n) is 3.97. The van der Waals surface area contributed by atoms with Crippen molar-refractivity contribution in [3.05, 3.63) is 16.0 Å². The minimum atomic E-state index is -3.56. The van der Waals surface area contributed by atoms with Crippen LogP contribution in [0.5, 0.6) is 0 Å². The summed E-state index contributed by atoms with van der Waals surface area (Å²) >= 11 is 0. The zero-order valence-electron chi connectivity index (χ0n) is 12.1. The van der Waals surface area contributed by atoms with Crippen LogP contribution in [0.25, 0.3) is 11.0 Å². The molecule has 1 fully saturated rings. The summed E-state index contributed by atoms with van der Waals surface area (Å²) in [7, 11) is -3.56. The van der Waals surface area contributed by atoms with Crippen molar-refractivity contribution >= 4 is 20.9 Å². The lowest BCUT2D eigenvalue weighted by molar-refractivity contribution is 0.473. The third kappa shape index (κ3) is 2.37. The Kier molecular flexibility index (Phi) is 3.35. The molecule has 1 aliphatic carbocycles. The Balaban J connectivity index is 2.33. The number of sulfone groups is 1. The van der Waals surface area contributed by atoms with Gasteiger partial charge in [-0.1, -0.05) is 19.8 Å². The van der Waals surface area contributed by atoms with Gasteiger partial charge in [-0.3, -0.25) is 9.78 Å². The molecule has 114 valence electrons. The Bertz CT molecular complexity index is 844. The van der Waals surface area contributed by atoms with Crippen LogP contribution in [-0.2, 0) is 16.3 Å². The first kappa shape index (κ1) is 14.2. The van der Waals surface area contributed by atoms with Crippen molar-refractivity contribution in [1.29, 1.82) is 0 Å². The van der Waals surface area contributed by atoms with E-state index in [1.807, 2.05) is 6.92 Å². The van der Waals surface area contributed by atoms with E-state index < -0.39 is 15.4 Å². The molecule has 0 radical (unpaired) electrons. The van der Waals surface area contributed by atoms with E-state index in [0.29, 0.717) is 23.1 Å². The van der Waals surface area contributed by atoms with Crippen molar-refractivity contribution in [2.45, 2.75) is 50.2 Å². The lowest BCUT2D eigenvalue weighted by Crippen LogP contribution is -2.17. The van der Waals surface area contributed by atoms with Gasteiger partial charge in [-0.15, -0.1) is 0 Å². The first-order valence-electron chi connectivity index (χ1n) is 7.13. The molecule has 7 nitrogen and oxygen atoms in total. The standard InChI is InChI=1S/C13H18N4O3S/c1-3-9-10-11(17(16-9)8-6-4-5-7-8)14-13(15-12(10)18)21(2,19)20/h8H,3-7H2,1-2H3,(H,14,15,18). The fourth-order valence-corrected chi connectivity index (χ4v) is 3.45. The summed E-state index contributed by atoms with van der Waals surface area (Å²) in [6, 6.07) is 0.203. The van der Waals surface area contributed by atoms with Crippen LogP contribution in [0.1, 0.15) is 44.3 Å². The SMILES string of the molecule is CCc1nn(C2CCCC2)c2nc(S(C)(=O)=O)[nH]c(=O)c12. The van der Waals surface area contributed by atoms with Crippen molar-refractivity contribution in [3.8, 4) is 0 Å². The van der Waals surface area contributed by atoms with Gasteiger partial charge in [-0.05, 0) is 19.3 Å². The van der Waals surface area contributed by atoms with Gasteiger partial charge in [0.25, 0.3) is 5.56 Å². The van der Waals surface area contributed by atoms with Gasteiger partial charge in [0, 0.05) is 6.26 Å². The second-order valence-corrected chi connectivity index (χ2v) is 7.46. The molecule has 0 unspecified atom stereocenters. The van der Waals surface area contributed by atoms with Crippen molar-refractivity contribution in [2.75, 3.05) is 6.26 Å². The summed E-state index contributed by atoms with van der Waals surface area (Å²) in [5, 5.41) is 4.64. The van der Waals surface area contributed by atoms with E-state index in [1.165, 1.54) is 0 Å². The number of rotatable bonds is 3. The van der Waals surface area contributed by atoms with E-state index in [4.69, 9.17) is 0 Å². The summed E-state index contributed by atoms with van der Waals surface area (Å²) in [6.45, 7) is 1.92. The highest BCUT2D eigenvalue weighted by molar-refractivity contribution is 7.90. The Labute approximate surface area is 122 Å². The molecule has 0 saturated heterocycles. The van der Waals surface area contributed by atoms with Gasteiger partial charge in [0.15, 0.2) is 5.65 Å². The van der Waals surface area contributed by atoms with E-state index in [2.05, 4.69) is 15.1 Å². The van der Waals surface area contributed by atoms with E-state index in [-0.39, 0.29) is 11.2 Å². The lowest BCUT2D eigenvalue weighted by atomic mass is 10.2. The molecule has 21 heavy (non-hydrogen) atoms. The monoisotopic (exact) mass is 310 g/mol. The van der Waals surface area contributed by atoms with Crippen molar-refractivity contribution < 1.29 is 8.42 Å². The number of fused-ring (bicyclic) bond motifs is 1. The molecule has 2 aromatic heterocycles. The molecular formula is C13H18N4O3S. The number of hydrogen-bond acceptors (Lipinski definition) is 5. The molecule has 1 N–H and O–H groups in total. The molecule has 2 heterocycles. The Hall–Kier alpha value is -1.70. The van der Waals surface area contributed by atoms with E-state index in [1.54, 1.807) is 4.68 Å². The maximum Gasteiger partial charge on any atom is 0.263 e. The highest BCUT2D eigenvalue weighted by atomic mass is 32.2. The molecule has 2 aromatic rings. The van der Waals surface area contributed by atoms with Gasteiger partial charge in [-0.25, -0.2) is 13.1 Å². The largest absolute Gasteiger partial charge is 0.297 e. The average Bonchev–Trinajstić information content (AvgIpc) is 3.03. The summed E-state index contributed by atoms with van der Waals surface area (Å²) in [5.74, 6) is 0. The Morgan fingerprint density at radius 3 is 2.57 bits per heavy atom. The average molecular weight is 310 g/mol. The minimum absolute atomic E-state index is 0.203. The van der Waals surface area contributed by atoms with Crippen LogP contribution in [0.15, 0.2) is 9.95 Å². The molecule has 0 aliphatic heterocycles. The summed E-state index contributed by atoms with van der Waals surface area (Å²) in [6.07, 6.45) is 5.86. The molecule has 8 heteroatoms. The van der Waals surface area contributed by atoms with Crippen molar-refractivity contribution in [1.82, 2.24) is 19.7 Å². The van der Waals surface area contributed by atoms with Gasteiger partial charge in [0.1, 0.15) is 5.39 Å². The van der Waals surface area contributed by atoms with E-state index in [9.17, 15) is 13.2 Å². The van der Waals surface area contributed by atoms with Crippen molar-refractivity contribution in [3.63, 3.8) is 0 Å². The predicted octanol–water partition coefficient (Wildman–Crippen LogP) is 1.20. The topological polar surface area (TPSA) is 97.7 Å². The summed E-state index contributed by atoms with van der Waals surface area (Å²) < 4.78 is 25.1. The van der Waals surface area contributed by atoms with Crippen LogP contribution in [0, 0.1) is 0 Å². The quantitative estimate of drug-likeness (QED) is 0.859. The number of hydrogen-bond donors (Lipinski definition) is 1. The first-order valence-corrected chi connectivity index (χ1v) is 9.02. The molecule has 0 spiro atoms. The lowest BCUT2D eigenvalue weighted by Gasteiger charge is -2.10. The normalized spacial score (nSPS) is 16.9. The van der Waals surface area contributed by atoms with Crippen molar-refractivity contribution in [2.24, 2.45) is 0 Å². The summed E-state index contributed by atoms with van der Waals surface area (Å²) in [4.78, 5) is 18.8. The maximum atomic E-state index is 12.2. The Morgan fingerprint density at radius 1 is 1.33 bits per heavy atom. The van der Waals surface area contributed by atoms with Gasteiger partial charge in [-0.2, -0.15) is 10.1 Å². The van der Waals surface area contributed by atoms with E-state index in [0.717, 1.165) is 31.9 Å². The number of H-pyrrole nitrogens is 1. The fraction of sp³-hybridized carbons (Fsp3) is 0.615. The molecular weight excluding hydrogens is 292 g/mol. The van der Waals surface area contributed by atoms with Gasteiger partial charge < -0.3 is 0 Å². The molecule has 0 aromatic carbocycles. The fourth-order valence-electron chi connectivity index (χ4n) is 2.92. The predicted molar refractivity (Wildman–Crippen MR) is 78.1 cm³/mol. The van der Waals surface area contributed by atoms with Gasteiger partial charge in [0.2, 0.25) is 15.0 Å². The molecule has 1 aliphatic rings. The molecule has 0 amide bonds. The van der Waals surface area contributed by atoms with Crippen LogP contribution >= 0.6 is 0 Å². The number of nitrogens with one attached hydrogen (secondary N) is 1. The highest BCUT2D eigenvalue weighted by Gasteiger charge is 2.25. The maximum absolute atomic E-state index is 12.2. The minimum Gasteiger partial charge on any atom is -0.297 e. The Morgan fingerprint density at radius 2 is 2.00 bits per heavy atom. The first-order chi connectivity index (χ1) is 9.91. The van der Waals surface area contributed by atoms with Crippen LogP contribution in [0.4, 0.5) is 0 Å². The summed E-state index contributed by atoms with van der Waals surface area (Å²) in [5.41, 5.74) is 0.634. The van der Waals surface area contributed by atoms with E-state index >= 15 is 0 Å². The zero-order chi connectivity index (χ0) is 15.2. The van der Waals surface area contributed by atoms with Crippen LogP contribution in [0.3, 0.4) is 0 Å². The smallest absolute Gasteiger partial charge is 0.263 e. The second-order valence-electron chi connectivity index (χ2n) is 5.52. The molecule has 0 atom stereocenters. The van der Waals surface area contributed by atoms with Crippen LogP contribution < -0.4 is 5.56 Å². The number of aromatic nitrogens is 4. The molecule has 3 rings (SSSR count). The third-order valence-corrected chi connectivity index (χ3v) is 4.87.